The molecule has 0 unspecified atom stereocenters. The Morgan fingerprint density at radius 2 is 2.11 bits per heavy atom. The molecule has 18 heavy (non-hydrogen) atoms. The van der Waals surface area contributed by atoms with Gasteiger partial charge in [0.25, 0.3) is 5.91 Å². The van der Waals surface area contributed by atoms with E-state index in [-0.39, 0.29) is 5.91 Å². The van der Waals surface area contributed by atoms with Gasteiger partial charge in [0.2, 0.25) is 0 Å². The number of carbonyl (C=O) groups excluding carboxylic acids is 1. The van der Waals surface area contributed by atoms with Crippen molar-refractivity contribution in [2.45, 2.75) is 20.3 Å². The monoisotopic (exact) mass is 242 g/mol. The van der Waals surface area contributed by atoms with E-state index >= 15 is 0 Å². The van der Waals surface area contributed by atoms with Crippen molar-refractivity contribution in [2.24, 2.45) is 0 Å². The van der Waals surface area contributed by atoms with Gasteiger partial charge in [-0.05, 0) is 25.0 Å². The Morgan fingerprint density at radius 3 is 2.78 bits per heavy atom. The van der Waals surface area contributed by atoms with Crippen molar-refractivity contribution >= 4 is 11.7 Å². The van der Waals surface area contributed by atoms with Crippen LogP contribution in [0.4, 0.5) is 5.82 Å². The van der Waals surface area contributed by atoms with Crippen molar-refractivity contribution in [3.05, 3.63) is 47.7 Å². The summed E-state index contributed by atoms with van der Waals surface area (Å²) < 4.78 is 0. The number of amides is 1. The van der Waals surface area contributed by atoms with Crippen LogP contribution in [0, 0.1) is 6.92 Å². The van der Waals surface area contributed by atoms with Crippen LogP contribution in [0.3, 0.4) is 0 Å². The number of nitrogens with one attached hydrogen (secondary N) is 1. The van der Waals surface area contributed by atoms with Crippen LogP contribution in [0.5, 0.6) is 0 Å². The first-order chi connectivity index (χ1) is 8.70. The fourth-order valence-electron chi connectivity index (χ4n) is 1.55. The van der Waals surface area contributed by atoms with Gasteiger partial charge in [0.05, 0.1) is 11.3 Å². The molecule has 5 nitrogen and oxygen atoms in total. The molecule has 0 aliphatic rings. The van der Waals surface area contributed by atoms with E-state index in [4.69, 9.17) is 0 Å². The molecule has 0 fully saturated rings. The maximum atomic E-state index is 12.0. The van der Waals surface area contributed by atoms with Gasteiger partial charge in [0, 0.05) is 12.4 Å². The second kappa shape index (κ2) is 5.35. The highest BCUT2D eigenvalue weighted by molar-refractivity contribution is 6.04. The van der Waals surface area contributed by atoms with Gasteiger partial charge < -0.3 is 5.32 Å². The van der Waals surface area contributed by atoms with Crippen LogP contribution >= 0.6 is 0 Å². The van der Waals surface area contributed by atoms with Crippen molar-refractivity contribution in [2.75, 3.05) is 5.32 Å². The summed E-state index contributed by atoms with van der Waals surface area (Å²) >= 11 is 0. The van der Waals surface area contributed by atoms with Gasteiger partial charge in [0.15, 0.2) is 0 Å². The minimum absolute atomic E-state index is 0.233. The molecule has 0 aromatic carbocycles. The molecule has 5 heteroatoms. The Bertz CT molecular complexity index is 551. The Balaban J connectivity index is 2.19. The molecule has 1 N–H and O–H groups in total. The van der Waals surface area contributed by atoms with E-state index in [1.165, 1.54) is 12.5 Å². The third-order valence-corrected chi connectivity index (χ3v) is 2.53. The number of nitrogens with zero attached hydrogens (tertiary/aromatic N) is 3. The quantitative estimate of drug-likeness (QED) is 0.893. The second-order valence-corrected chi connectivity index (χ2v) is 3.91. The van der Waals surface area contributed by atoms with E-state index in [0.717, 1.165) is 11.3 Å². The lowest BCUT2D eigenvalue weighted by Gasteiger charge is -2.06. The average Bonchev–Trinajstić information content (AvgIpc) is 2.41. The summed E-state index contributed by atoms with van der Waals surface area (Å²) in [5, 5.41) is 2.73. The third-order valence-electron chi connectivity index (χ3n) is 2.53. The van der Waals surface area contributed by atoms with E-state index in [9.17, 15) is 4.79 Å². The molecule has 2 aromatic rings. The maximum Gasteiger partial charge on any atom is 0.260 e. The average molecular weight is 242 g/mol. The highest BCUT2D eigenvalue weighted by Gasteiger charge is 2.12. The summed E-state index contributed by atoms with van der Waals surface area (Å²) in [6, 6.07) is 3.66. The molecule has 0 aliphatic carbocycles. The van der Waals surface area contributed by atoms with Crippen LogP contribution in [0.2, 0.25) is 0 Å². The molecule has 2 heterocycles. The summed E-state index contributed by atoms with van der Waals surface area (Å²) in [6.07, 6.45) is 5.36. The minimum atomic E-state index is -0.233. The normalized spacial score (nSPS) is 10.1. The smallest absolute Gasteiger partial charge is 0.260 e. The van der Waals surface area contributed by atoms with Crippen LogP contribution in [0.15, 0.2) is 30.9 Å². The second-order valence-electron chi connectivity index (χ2n) is 3.91. The summed E-state index contributed by atoms with van der Waals surface area (Å²) in [7, 11) is 0. The van der Waals surface area contributed by atoms with Crippen molar-refractivity contribution in [1.82, 2.24) is 15.0 Å². The molecule has 0 aliphatic heterocycles. The van der Waals surface area contributed by atoms with Crippen LogP contribution in [0.25, 0.3) is 0 Å². The van der Waals surface area contributed by atoms with Crippen LogP contribution in [0.1, 0.15) is 28.5 Å². The zero-order valence-corrected chi connectivity index (χ0v) is 10.3. The molecule has 0 bridgehead atoms. The first-order valence-electron chi connectivity index (χ1n) is 5.73. The van der Waals surface area contributed by atoms with Crippen LogP contribution in [-0.2, 0) is 6.42 Å². The molecule has 2 aromatic heterocycles. The number of anilines is 1. The number of hydrogen-bond donors (Lipinski definition) is 1. The third kappa shape index (κ3) is 2.68. The Hall–Kier alpha value is -2.30. The molecular weight excluding hydrogens is 228 g/mol. The lowest BCUT2D eigenvalue weighted by molar-refractivity contribution is 0.102. The van der Waals surface area contributed by atoms with Gasteiger partial charge in [0.1, 0.15) is 12.1 Å². The van der Waals surface area contributed by atoms with E-state index in [0.29, 0.717) is 17.8 Å². The van der Waals surface area contributed by atoms with E-state index in [2.05, 4.69) is 20.3 Å². The molecule has 0 atom stereocenters. The highest BCUT2D eigenvalue weighted by atomic mass is 16.1. The summed E-state index contributed by atoms with van der Waals surface area (Å²) in [4.78, 5) is 24.1. The maximum absolute atomic E-state index is 12.0. The molecule has 0 spiro atoms. The zero-order valence-electron chi connectivity index (χ0n) is 10.3. The Morgan fingerprint density at radius 1 is 1.28 bits per heavy atom. The molecule has 2 rings (SSSR count). The SMILES string of the molecule is CCc1ncncc1C(=O)Nc1ccc(C)cn1. The Kier molecular flexibility index (Phi) is 3.62. The minimum Gasteiger partial charge on any atom is -0.306 e. The van der Waals surface area contributed by atoms with Crippen LogP contribution in [-0.4, -0.2) is 20.9 Å². The largest absolute Gasteiger partial charge is 0.306 e. The number of hydrogen-bond acceptors (Lipinski definition) is 4. The highest BCUT2D eigenvalue weighted by Crippen LogP contribution is 2.09. The first-order valence-corrected chi connectivity index (χ1v) is 5.73. The molecule has 1 amide bonds. The van der Waals surface area contributed by atoms with Gasteiger partial charge in [-0.3, -0.25) is 4.79 Å². The number of carbonyl (C=O) groups is 1. The van der Waals surface area contributed by atoms with Crippen molar-refractivity contribution in [3.63, 3.8) is 0 Å². The molecule has 0 saturated heterocycles. The van der Waals surface area contributed by atoms with E-state index in [1.54, 1.807) is 12.3 Å². The Labute approximate surface area is 105 Å². The first kappa shape index (κ1) is 12.2. The molecular formula is C13H14N4O. The number of pyridine rings is 1. The standard InChI is InChI=1S/C13H14N4O/c1-3-11-10(7-14-8-16-11)13(18)17-12-5-4-9(2)6-15-12/h4-8H,3H2,1-2H3,(H,15,17,18). The summed E-state index contributed by atoms with van der Waals surface area (Å²) in [5.41, 5.74) is 2.27. The van der Waals surface area contributed by atoms with Gasteiger partial charge in [-0.1, -0.05) is 13.0 Å². The fraction of sp³-hybridized carbons (Fsp3) is 0.231. The van der Waals surface area contributed by atoms with Crippen LogP contribution < -0.4 is 5.32 Å². The van der Waals surface area contributed by atoms with Crippen molar-refractivity contribution in [1.29, 1.82) is 0 Å². The molecule has 92 valence electrons. The lowest BCUT2D eigenvalue weighted by Crippen LogP contribution is -2.16. The topological polar surface area (TPSA) is 67.8 Å². The molecule has 0 saturated carbocycles. The number of aryl methyl sites for hydroxylation is 2. The summed E-state index contributed by atoms with van der Waals surface area (Å²) in [6.45, 7) is 3.89. The van der Waals surface area contributed by atoms with Gasteiger partial charge in [-0.25, -0.2) is 15.0 Å². The van der Waals surface area contributed by atoms with Crippen molar-refractivity contribution < 1.29 is 4.79 Å². The summed E-state index contributed by atoms with van der Waals surface area (Å²) in [5.74, 6) is 0.292. The fourth-order valence-corrected chi connectivity index (χ4v) is 1.55. The lowest BCUT2D eigenvalue weighted by atomic mass is 10.2. The van der Waals surface area contributed by atoms with Gasteiger partial charge in [-0.15, -0.1) is 0 Å². The predicted molar refractivity (Wildman–Crippen MR) is 68.3 cm³/mol. The number of aromatic nitrogens is 3. The van der Waals surface area contributed by atoms with E-state index in [1.807, 2.05) is 19.9 Å². The van der Waals surface area contributed by atoms with Gasteiger partial charge >= 0.3 is 0 Å². The number of rotatable bonds is 3. The van der Waals surface area contributed by atoms with Gasteiger partial charge in [-0.2, -0.15) is 0 Å². The van der Waals surface area contributed by atoms with E-state index < -0.39 is 0 Å². The molecule has 0 radical (unpaired) electrons. The van der Waals surface area contributed by atoms with Crippen molar-refractivity contribution in [3.8, 4) is 0 Å². The predicted octanol–water partition coefficient (Wildman–Crippen LogP) is 1.99. The zero-order chi connectivity index (χ0) is 13.0.